The fourth-order valence-electron chi connectivity index (χ4n) is 1.82. The Hall–Kier alpha value is -1.91. The molecule has 112 valence electrons. The van der Waals surface area contributed by atoms with Gasteiger partial charge in [0.2, 0.25) is 0 Å². The first kappa shape index (κ1) is 16.1. The number of rotatable bonds is 7. The molecule has 0 spiro atoms. The smallest absolute Gasteiger partial charge is 0.306 e. The number of nitrogen functional groups attached to an aromatic ring is 1. The Labute approximate surface area is 120 Å². The van der Waals surface area contributed by atoms with Gasteiger partial charge in [-0.1, -0.05) is 6.92 Å². The van der Waals surface area contributed by atoms with Crippen LogP contribution in [-0.2, 0) is 16.0 Å². The fourth-order valence-corrected chi connectivity index (χ4v) is 1.82. The zero-order valence-electron chi connectivity index (χ0n) is 12.7. The second-order valence-electron chi connectivity index (χ2n) is 4.71. The number of nitrogens with one attached hydrogen (secondary N) is 1. The fraction of sp³-hybridized carbons (Fsp3) is 0.533. The molecule has 1 aromatic carbocycles. The highest BCUT2D eigenvalue weighted by Gasteiger charge is 2.12. The minimum atomic E-state index is -0.199. The third-order valence-electron chi connectivity index (χ3n) is 3.24. The van der Waals surface area contributed by atoms with Crippen molar-refractivity contribution < 1.29 is 14.3 Å². The van der Waals surface area contributed by atoms with Crippen molar-refractivity contribution in [2.24, 2.45) is 0 Å². The van der Waals surface area contributed by atoms with Gasteiger partial charge in [0, 0.05) is 19.2 Å². The van der Waals surface area contributed by atoms with Gasteiger partial charge in [-0.05, 0) is 37.5 Å². The van der Waals surface area contributed by atoms with Crippen LogP contribution in [0.15, 0.2) is 12.1 Å². The molecule has 0 radical (unpaired) electrons. The van der Waals surface area contributed by atoms with Gasteiger partial charge in [0.05, 0.1) is 18.9 Å². The van der Waals surface area contributed by atoms with Crippen LogP contribution in [0.3, 0.4) is 0 Å². The van der Waals surface area contributed by atoms with Crippen LogP contribution in [0.5, 0.6) is 5.75 Å². The van der Waals surface area contributed by atoms with Crippen molar-refractivity contribution in [2.75, 3.05) is 25.2 Å². The summed E-state index contributed by atoms with van der Waals surface area (Å²) >= 11 is 0. The number of carbonyl (C=O) groups is 1. The summed E-state index contributed by atoms with van der Waals surface area (Å²) in [5, 5.41) is 3.02. The molecule has 20 heavy (non-hydrogen) atoms. The van der Waals surface area contributed by atoms with Gasteiger partial charge in [-0.2, -0.15) is 0 Å². The topological polar surface area (TPSA) is 73.6 Å². The van der Waals surface area contributed by atoms with Gasteiger partial charge < -0.3 is 20.5 Å². The van der Waals surface area contributed by atoms with E-state index in [-0.39, 0.29) is 12.1 Å². The molecule has 0 saturated heterocycles. The average Bonchev–Trinajstić information content (AvgIpc) is 2.45. The van der Waals surface area contributed by atoms with Gasteiger partial charge in [-0.15, -0.1) is 0 Å². The minimum Gasteiger partial charge on any atom is -0.495 e. The Kier molecular flexibility index (Phi) is 6.15. The summed E-state index contributed by atoms with van der Waals surface area (Å²) in [5.41, 5.74) is 8.35. The van der Waals surface area contributed by atoms with E-state index >= 15 is 0 Å². The van der Waals surface area contributed by atoms with E-state index in [9.17, 15) is 4.79 Å². The molecule has 0 aliphatic carbocycles. The van der Waals surface area contributed by atoms with Gasteiger partial charge in [0.25, 0.3) is 0 Å². The largest absolute Gasteiger partial charge is 0.495 e. The Morgan fingerprint density at radius 3 is 2.70 bits per heavy atom. The molecule has 5 nitrogen and oxygen atoms in total. The number of esters is 1. The van der Waals surface area contributed by atoms with Gasteiger partial charge >= 0.3 is 5.97 Å². The van der Waals surface area contributed by atoms with E-state index in [1.807, 2.05) is 26.0 Å². The summed E-state index contributed by atoms with van der Waals surface area (Å²) in [6.07, 6.45) is 1.64. The second-order valence-corrected chi connectivity index (χ2v) is 4.71. The quantitative estimate of drug-likeness (QED) is 0.593. The van der Waals surface area contributed by atoms with Crippen LogP contribution in [-0.4, -0.2) is 26.2 Å². The minimum absolute atomic E-state index is 0.0407. The van der Waals surface area contributed by atoms with E-state index in [2.05, 4.69) is 5.32 Å². The second kappa shape index (κ2) is 7.62. The number of benzene rings is 1. The summed E-state index contributed by atoms with van der Waals surface area (Å²) in [5.74, 6) is 0.516. The lowest BCUT2D eigenvalue weighted by Crippen LogP contribution is -2.14. The van der Waals surface area contributed by atoms with Crippen LogP contribution >= 0.6 is 0 Å². The van der Waals surface area contributed by atoms with Crippen molar-refractivity contribution in [1.82, 2.24) is 0 Å². The standard InChI is InChI=1S/C15H24N2O3/c1-5-10(2)20-15(18)7-6-11-8-14(19-4)13(17-3)9-12(11)16/h8-10,17H,5-7,16H2,1-4H3. The summed E-state index contributed by atoms with van der Waals surface area (Å²) in [6.45, 7) is 3.87. The molecule has 0 amide bonds. The molecule has 5 heteroatoms. The van der Waals surface area contributed by atoms with Gasteiger partial charge in [-0.25, -0.2) is 0 Å². The lowest BCUT2D eigenvalue weighted by atomic mass is 10.1. The van der Waals surface area contributed by atoms with E-state index in [1.54, 1.807) is 14.2 Å². The van der Waals surface area contributed by atoms with Crippen molar-refractivity contribution in [3.8, 4) is 5.75 Å². The zero-order chi connectivity index (χ0) is 15.1. The van der Waals surface area contributed by atoms with Crippen LogP contribution in [0.4, 0.5) is 11.4 Å². The highest BCUT2D eigenvalue weighted by Crippen LogP contribution is 2.30. The van der Waals surface area contributed by atoms with Crippen molar-refractivity contribution in [2.45, 2.75) is 39.2 Å². The van der Waals surface area contributed by atoms with Crippen molar-refractivity contribution >= 4 is 17.3 Å². The van der Waals surface area contributed by atoms with E-state index in [1.165, 1.54) is 0 Å². The summed E-state index contributed by atoms with van der Waals surface area (Å²) in [7, 11) is 3.41. The molecule has 1 atom stereocenters. The van der Waals surface area contributed by atoms with Crippen molar-refractivity contribution in [3.63, 3.8) is 0 Å². The van der Waals surface area contributed by atoms with Crippen molar-refractivity contribution in [3.05, 3.63) is 17.7 Å². The average molecular weight is 280 g/mol. The summed E-state index contributed by atoms with van der Waals surface area (Å²) in [6, 6.07) is 3.67. The van der Waals surface area contributed by atoms with Crippen LogP contribution in [0.2, 0.25) is 0 Å². The zero-order valence-corrected chi connectivity index (χ0v) is 12.7. The molecule has 0 aromatic heterocycles. The Balaban J connectivity index is 2.70. The number of methoxy groups -OCH3 is 1. The Bertz CT molecular complexity index is 461. The summed E-state index contributed by atoms with van der Waals surface area (Å²) < 4.78 is 10.5. The van der Waals surface area contributed by atoms with Gasteiger partial charge in [0.1, 0.15) is 5.75 Å². The first-order valence-electron chi connectivity index (χ1n) is 6.85. The molecular formula is C15H24N2O3. The number of carbonyl (C=O) groups excluding carboxylic acids is 1. The van der Waals surface area contributed by atoms with E-state index in [0.717, 1.165) is 17.7 Å². The lowest BCUT2D eigenvalue weighted by Gasteiger charge is -2.14. The molecule has 1 unspecified atom stereocenters. The molecule has 0 fully saturated rings. The monoisotopic (exact) mass is 280 g/mol. The number of aryl methyl sites for hydroxylation is 1. The van der Waals surface area contributed by atoms with E-state index in [0.29, 0.717) is 24.3 Å². The molecule has 1 aromatic rings. The normalized spacial score (nSPS) is 11.8. The van der Waals surface area contributed by atoms with Gasteiger partial charge in [0.15, 0.2) is 0 Å². The predicted octanol–water partition coefficient (Wildman–Crippen LogP) is 2.59. The molecule has 0 saturated carbocycles. The number of hydrogen-bond acceptors (Lipinski definition) is 5. The molecular weight excluding hydrogens is 256 g/mol. The summed E-state index contributed by atoms with van der Waals surface area (Å²) in [4.78, 5) is 11.7. The molecule has 0 aliphatic rings. The number of ether oxygens (including phenoxy) is 2. The third kappa shape index (κ3) is 4.33. The van der Waals surface area contributed by atoms with Crippen LogP contribution < -0.4 is 15.8 Å². The predicted molar refractivity (Wildman–Crippen MR) is 81.1 cm³/mol. The maximum absolute atomic E-state index is 11.7. The number of anilines is 2. The number of hydrogen-bond donors (Lipinski definition) is 2. The lowest BCUT2D eigenvalue weighted by molar-refractivity contribution is -0.148. The maximum Gasteiger partial charge on any atom is 0.306 e. The first-order chi connectivity index (χ1) is 9.51. The Morgan fingerprint density at radius 2 is 2.15 bits per heavy atom. The number of nitrogens with two attached hydrogens (primary N) is 1. The molecule has 3 N–H and O–H groups in total. The molecule has 1 rings (SSSR count). The Morgan fingerprint density at radius 1 is 1.45 bits per heavy atom. The third-order valence-corrected chi connectivity index (χ3v) is 3.24. The van der Waals surface area contributed by atoms with E-state index in [4.69, 9.17) is 15.2 Å². The van der Waals surface area contributed by atoms with Crippen LogP contribution in [0, 0.1) is 0 Å². The first-order valence-corrected chi connectivity index (χ1v) is 6.85. The highest BCUT2D eigenvalue weighted by molar-refractivity contribution is 5.71. The molecule has 0 bridgehead atoms. The SMILES string of the molecule is CCC(C)OC(=O)CCc1cc(OC)c(NC)cc1N. The van der Waals surface area contributed by atoms with Crippen LogP contribution in [0.25, 0.3) is 0 Å². The van der Waals surface area contributed by atoms with Gasteiger partial charge in [-0.3, -0.25) is 4.79 Å². The maximum atomic E-state index is 11.7. The highest BCUT2D eigenvalue weighted by atomic mass is 16.5. The van der Waals surface area contributed by atoms with E-state index < -0.39 is 0 Å². The molecule has 0 aliphatic heterocycles. The van der Waals surface area contributed by atoms with Crippen LogP contribution in [0.1, 0.15) is 32.3 Å². The van der Waals surface area contributed by atoms with Crippen molar-refractivity contribution in [1.29, 1.82) is 0 Å². The molecule has 0 heterocycles.